The fourth-order valence-corrected chi connectivity index (χ4v) is 3.63. The first-order valence-corrected chi connectivity index (χ1v) is 9.91. The predicted molar refractivity (Wildman–Crippen MR) is 110 cm³/mol. The number of hydrogen-bond donors (Lipinski definition) is 2. The number of allylic oxidation sites excluding steroid dienone is 1. The third kappa shape index (κ3) is 6.80. The standard InChI is InChI=1S/C23H36N2/c1-5-6-12-23(18(2)3)25-17-21-15-20(14-13-19(21)4)16-24-22-10-8-7-9-11-22/h5,13-15,22-25H,1-2,6-12,16-17H2,3-4H3. The normalized spacial score (nSPS) is 16.6. The molecule has 1 atom stereocenters. The molecule has 0 aromatic heterocycles. The second kappa shape index (κ2) is 10.6. The van der Waals surface area contributed by atoms with Crippen LogP contribution < -0.4 is 10.6 Å². The third-order valence-corrected chi connectivity index (χ3v) is 5.41. The summed E-state index contributed by atoms with van der Waals surface area (Å²) >= 11 is 0. The van der Waals surface area contributed by atoms with Crippen molar-refractivity contribution in [1.29, 1.82) is 0 Å². The molecule has 0 bridgehead atoms. The van der Waals surface area contributed by atoms with Crippen LogP contribution in [0, 0.1) is 6.92 Å². The summed E-state index contributed by atoms with van der Waals surface area (Å²) in [4.78, 5) is 0. The summed E-state index contributed by atoms with van der Waals surface area (Å²) in [6.45, 7) is 14.2. The molecule has 25 heavy (non-hydrogen) atoms. The second-order valence-corrected chi connectivity index (χ2v) is 7.62. The first kappa shape index (κ1) is 19.9. The van der Waals surface area contributed by atoms with Crippen molar-refractivity contribution in [3.05, 3.63) is 59.7 Å². The highest BCUT2D eigenvalue weighted by Gasteiger charge is 2.13. The summed E-state index contributed by atoms with van der Waals surface area (Å²) in [7, 11) is 0. The molecule has 1 aromatic carbocycles. The Hall–Kier alpha value is -1.38. The Bertz CT molecular complexity index is 555. The van der Waals surface area contributed by atoms with Gasteiger partial charge in [-0.1, -0.05) is 55.7 Å². The van der Waals surface area contributed by atoms with Gasteiger partial charge >= 0.3 is 0 Å². The maximum absolute atomic E-state index is 4.14. The van der Waals surface area contributed by atoms with Crippen LogP contribution in [0.15, 0.2) is 43.0 Å². The van der Waals surface area contributed by atoms with Gasteiger partial charge in [0.25, 0.3) is 0 Å². The molecule has 2 nitrogen and oxygen atoms in total. The number of aryl methyl sites for hydroxylation is 1. The number of rotatable bonds is 10. The zero-order valence-corrected chi connectivity index (χ0v) is 16.2. The van der Waals surface area contributed by atoms with E-state index >= 15 is 0 Å². The zero-order valence-electron chi connectivity index (χ0n) is 16.2. The molecule has 1 aliphatic rings. The van der Waals surface area contributed by atoms with Crippen LogP contribution in [0.25, 0.3) is 0 Å². The fraction of sp³-hybridized carbons (Fsp3) is 0.565. The largest absolute Gasteiger partial charge is 0.310 e. The van der Waals surface area contributed by atoms with Gasteiger partial charge in [0.15, 0.2) is 0 Å². The number of benzene rings is 1. The Morgan fingerprint density at radius 1 is 1.24 bits per heavy atom. The van der Waals surface area contributed by atoms with Crippen molar-refractivity contribution >= 4 is 0 Å². The molecule has 1 aromatic rings. The molecule has 0 spiro atoms. The third-order valence-electron chi connectivity index (χ3n) is 5.41. The molecule has 2 heteroatoms. The van der Waals surface area contributed by atoms with Gasteiger partial charge in [0.2, 0.25) is 0 Å². The van der Waals surface area contributed by atoms with Gasteiger partial charge in [0.1, 0.15) is 0 Å². The van der Waals surface area contributed by atoms with Crippen molar-refractivity contribution in [3.63, 3.8) is 0 Å². The number of nitrogens with one attached hydrogen (secondary N) is 2. The van der Waals surface area contributed by atoms with E-state index in [1.807, 2.05) is 6.08 Å². The van der Waals surface area contributed by atoms with Crippen LogP contribution in [-0.4, -0.2) is 12.1 Å². The summed E-state index contributed by atoms with van der Waals surface area (Å²) < 4.78 is 0. The molecule has 0 aliphatic heterocycles. The topological polar surface area (TPSA) is 24.1 Å². The average molecular weight is 341 g/mol. The molecular formula is C23H36N2. The van der Waals surface area contributed by atoms with Crippen molar-refractivity contribution in [1.82, 2.24) is 10.6 Å². The lowest BCUT2D eigenvalue weighted by molar-refractivity contribution is 0.372. The molecule has 0 radical (unpaired) electrons. The highest BCUT2D eigenvalue weighted by Crippen LogP contribution is 2.19. The summed E-state index contributed by atoms with van der Waals surface area (Å²) in [5.41, 5.74) is 5.35. The van der Waals surface area contributed by atoms with Crippen LogP contribution in [0.5, 0.6) is 0 Å². The Labute approximate surface area is 154 Å². The van der Waals surface area contributed by atoms with Crippen molar-refractivity contribution in [3.8, 4) is 0 Å². The van der Waals surface area contributed by atoms with Gasteiger partial charge in [0, 0.05) is 25.2 Å². The Morgan fingerprint density at radius 3 is 2.68 bits per heavy atom. The first-order chi connectivity index (χ1) is 12.1. The molecule has 2 rings (SSSR count). The summed E-state index contributed by atoms with van der Waals surface area (Å²) in [5, 5.41) is 7.43. The van der Waals surface area contributed by atoms with Crippen LogP contribution in [0.3, 0.4) is 0 Å². The van der Waals surface area contributed by atoms with Crippen molar-refractivity contribution in [2.24, 2.45) is 0 Å². The van der Waals surface area contributed by atoms with E-state index in [1.54, 1.807) is 0 Å². The Morgan fingerprint density at radius 2 is 2.00 bits per heavy atom. The van der Waals surface area contributed by atoms with Gasteiger partial charge in [-0.05, 0) is 56.2 Å². The van der Waals surface area contributed by atoms with Crippen molar-refractivity contribution in [2.75, 3.05) is 0 Å². The van der Waals surface area contributed by atoms with E-state index in [1.165, 1.54) is 54.4 Å². The molecule has 1 unspecified atom stereocenters. The minimum atomic E-state index is 0.362. The minimum Gasteiger partial charge on any atom is -0.310 e. The fourth-order valence-electron chi connectivity index (χ4n) is 3.63. The molecule has 1 aliphatic carbocycles. The van der Waals surface area contributed by atoms with Crippen LogP contribution in [0.4, 0.5) is 0 Å². The Balaban J connectivity index is 1.90. The SMILES string of the molecule is C=CCCC(NCc1cc(CNC2CCCCC2)ccc1C)C(=C)C. The van der Waals surface area contributed by atoms with E-state index in [0.717, 1.165) is 25.9 Å². The molecule has 1 fully saturated rings. The minimum absolute atomic E-state index is 0.362. The maximum Gasteiger partial charge on any atom is 0.0280 e. The van der Waals surface area contributed by atoms with Crippen LogP contribution >= 0.6 is 0 Å². The average Bonchev–Trinajstić information content (AvgIpc) is 2.62. The van der Waals surface area contributed by atoms with E-state index < -0.39 is 0 Å². The summed E-state index contributed by atoms with van der Waals surface area (Å²) in [6, 6.07) is 7.96. The molecule has 1 saturated carbocycles. The van der Waals surface area contributed by atoms with E-state index in [2.05, 4.69) is 55.8 Å². The monoisotopic (exact) mass is 340 g/mol. The highest BCUT2D eigenvalue weighted by atomic mass is 14.9. The van der Waals surface area contributed by atoms with Gasteiger partial charge in [0.05, 0.1) is 0 Å². The summed E-state index contributed by atoms with van der Waals surface area (Å²) in [5.74, 6) is 0. The quantitative estimate of drug-likeness (QED) is 0.556. The molecule has 2 N–H and O–H groups in total. The van der Waals surface area contributed by atoms with E-state index in [-0.39, 0.29) is 0 Å². The van der Waals surface area contributed by atoms with Crippen molar-refractivity contribution < 1.29 is 0 Å². The van der Waals surface area contributed by atoms with E-state index in [4.69, 9.17) is 0 Å². The lowest BCUT2D eigenvalue weighted by Crippen LogP contribution is -2.31. The molecule has 0 saturated heterocycles. The molecule has 0 amide bonds. The first-order valence-electron chi connectivity index (χ1n) is 9.91. The molecule has 138 valence electrons. The molecular weight excluding hydrogens is 304 g/mol. The maximum atomic E-state index is 4.14. The van der Waals surface area contributed by atoms with E-state index in [9.17, 15) is 0 Å². The van der Waals surface area contributed by atoms with Gasteiger partial charge in [-0.25, -0.2) is 0 Å². The van der Waals surface area contributed by atoms with Gasteiger partial charge in [-0.3, -0.25) is 0 Å². The van der Waals surface area contributed by atoms with Crippen LogP contribution in [0.2, 0.25) is 0 Å². The van der Waals surface area contributed by atoms with Crippen LogP contribution in [-0.2, 0) is 13.1 Å². The lowest BCUT2D eigenvalue weighted by Gasteiger charge is -2.23. The Kier molecular flexibility index (Phi) is 8.43. The van der Waals surface area contributed by atoms with Gasteiger partial charge < -0.3 is 10.6 Å². The highest BCUT2D eigenvalue weighted by molar-refractivity contribution is 5.31. The second-order valence-electron chi connectivity index (χ2n) is 7.62. The van der Waals surface area contributed by atoms with Gasteiger partial charge in [-0.15, -0.1) is 6.58 Å². The predicted octanol–water partition coefficient (Wildman–Crippen LogP) is 5.42. The zero-order chi connectivity index (χ0) is 18.1. The number of hydrogen-bond acceptors (Lipinski definition) is 2. The smallest absolute Gasteiger partial charge is 0.0280 e. The molecule has 0 heterocycles. The van der Waals surface area contributed by atoms with Crippen LogP contribution in [0.1, 0.15) is 68.6 Å². The lowest BCUT2D eigenvalue weighted by atomic mass is 9.95. The summed E-state index contributed by atoms with van der Waals surface area (Å²) in [6.07, 6.45) is 10.9. The van der Waals surface area contributed by atoms with Gasteiger partial charge in [-0.2, -0.15) is 0 Å². The van der Waals surface area contributed by atoms with E-state index in [0.29, 0.717) is 12.1 Å². The van der Waals surface area contributed by atoms with Crippen molar-refractivity contribution in [2.45, 2.75) is 84.0 Å².